The quantitative estimate of drug-likeness (QED) is 0.522. The average Bonchev–Trinajstić information content (AvgIpc) is 1.87. The predicted octanol–water partition coefficient (Wildman–Crippen LogP) is -0.372. The highest BCUT2D eigenvalue weighted by Gasteiger charge is 2.35. The number of nitrogens with zero attached hydrogens (tertiary/aromatic N) is 1. The first-order valence-corrected chi connectivity index (χ1v) is 3.31. The van der Waals surface area contributed by atoms with Crippen LogP contribution in [0.25, 0.3) is 0 Å². The number of hydrogen-bond donors (Lipinski definition) is 2. The first-order chi connectivity index (χ1) is 4.83. The summed E-state index contributed by atoms with van der Waals surface area (Å²) in [5, 5.41) is 14.8. The molecule has 1 aliphatic rings. The van der Waals surface area contributed by atoms with E-state index in [9.17, 15) is 0 Å². The monoisotopic (exact) mass is 137 g/mol. The van der Waals surface area contributed by atoms with Crippen LogP contribution in [-0.2, 0) is 0 Å². The predicted molar refractivity (Wildman–Crippen MR) is 39.4 cm³/mol. The van der Waals surface area contributed by atoms with E-state index < -0.39 is 0 Å². The van der Waals surface area contributed by atoms with Crippen LogP contribution in [0.2, 0.25) is 0 Å². The molecule has 1 rings (SSSR count). The Morgan fingerprint density at radius 3 is 2.80 bits per heavy atom. The van der Waals surface area contributed by atoms with Crippen molar-refractivity contribution in [3.63, 3.8) is 0 Å². The summed E-state index contributed by atoms with van der Waals surface area (Å²) >= 11 is 0. The molecule has 0 saturated carbocycles. The normalized spacial score (nSPS) is 20.7. The molecule has 0 atom stereocenters. The molecule has 10 heavy (non-hydrogen) atoms. The molecule has 0 amide bonds. The molecule has 0 aliphatic carbocycles. The van der Waals surface area contributed by atoms with Crippen LogP contribution in [0.5, 0.6) is 0 Å². The maximum Gasteiger partial charge on any atom is 0.132 e. The Kier molecular flexibility index (Phi) is 2.05. The van der Waals surface area contributed by atoms with Crippen LogP contribution in [0.4, 0.5) is 0 Å². The first-order valence-electron chi connectivity index (χ1n) is 3.31. The fourth-order valence-corrected chi connectivity index (χ4v) is 0.886. The van der Waals surface area contributed by atoms with Crippen molar-refractivity contribution in [3.8, 4) is 6.07 Å². The molecule has 1 heterocycles. The molecular weight excluding hydrogens is 126 g/mol. The first kappa shape index (κ1) is 7.26. The van der Waals surface area contributed by atoms with Crippen molar-refractivity contribution >= 4 is 0 Å². The van der Waals surface area contributed by atoms with E-state index in [4.69, 9.17) is 5.26 Å². The standard InChI is InChI=1S/C7H11N3/c1-2-3-10-7(4-8)5-9-6-7/h2,9-10H,1,3,5-6H2. The van der Waals surface area contributed by atoms with Gasteiger partial charge in [-0.15, -0.1) is 6.58 Å². The van der Waals surface area contributed by atoms with E-state index in [2.05, 4.69) is 23.3 Å². The summed E-state index contributed by atoms with van der Waals surface area (Å²) in [4.78, 5) is 0. The second-order valence-corrected chi connectivity index (χ2v) is 2.47. The molecule has 1 aliphatic heterocycles. The van der Waals surface area contributed by atoms with Gasteiger partial charge in [0.15, 0.2) is 0 Å². The summed E-state index contributed by atoms with van der Waals surface area (Å²) in [6, 6.07) is 2.23. The third-order valence-electron chi connectivity index (χ3n) is 1.65. The SMILES string of the molecule is C=CCNC1(C#N)CNC1. The van der Waals surface area contributed by atoms with Gasteiger partial charge in [-0.05, 0) is 0 Å². The molecule has 1 fully saturated rings. The highest BCUT2D eigenvalue weighted by molar-refractivity contribution is 5.16. The van der Waals surface area contributed by atoms with E-state index in [1.807, 2.05) is 0 Å². The van der Waals surface area contributed by atoms with Gasteiger partial charge in [0.2, 0.25) is 0 Å². The highest BCUT2D eigenvalue weighted by Crippen LogP contribution is 2.07. The van der Waals surface area contributed by atoms with E-state index in [0.717, 1.165) is 13.1 Å². The highest BCUT2D eigenvalue weighted by atomic mass is 15.1. The fourth-order valence-electron chi connectivity index (χ4n) is 0.886. The lowest BCUT2D eigenvalue weighted by molar-refractivity contribution is 0.294. The van der Waals surface area contributed by atoms with Crippen molar-refractivity contribution in [1.29, 1.82) is 5.26 Å². The molecule has 3 nitrogen and oxygen atoms in total. The van der Waals surface area contributed by atoms with Crippen LogP contribution >= 0.6 is 0 Å². The Balaban J connectivity index is 2.35. The zero-order valence-corrected chi connectivity index (χ0v) is 5.85. The summed E-state index contributed by atoms with van der Waals surface area (Å²) in [7, 11) is 0. The Morgan fingerprint density at radius 2 is 2.50 bits per heavy atom. The van der Waals surface area contributed by atoms with Crippen molar-refractivity contribution < 1.29 is 0 Å². The lowest BCUT2D eigenvalue weighted by Crippen LogP contribution is -2.66. The summed E-state index contributed by atoms with van der Waals surface area (Å²) in [5.41, 5.74) is -0.311. The van der Waals surface area contributed by atoms with E-state index in [1.165, 1.54) is 0 Å². The second kappa shape index (κ2) is 2.82. The van der Waals surface area contributed by atoms with Gasteiger partial charge >= 0.3 is 0 Å². The van der Waals surface area contributed by atoms with Gasteiger partial charge in [0, 0.05) is 19.6 Å². The number of hydrogen-bond acceptors (Lipinski definition) is 3. The molecule has 0 aromatic rings. The molecular formula is C7H11N3. The van der Waals surface area contributed by atoms with Crippen LogP contribution in [0, 0.1) is 11.3 Å². The van der Waals surface area contributed by atoms with Crippen molar-refractivity contribution in [3.05, 3.63) is 12.7 Å². The van der Waals surface area contributed by atoms with E-state index >= 15 is 0 Å². The maximum absolute atomic E-state index is 8.68. The van der Waals surface area contributed by atoms with Crippen molar-refractivity contribution in [1.82, 2.24) is 10.6 Å². The van der Waals surface area contributed by atoms with Gasteiger partial charge in [-0.3, -0.25) is 5.32 Å². The minimum atomic E-state index is -0.311. The Labute approximate surface area is 60.7 Å². The van der Waals surface area contributed by atoms with Crippen LogP contribution < -0.4 is 10.6 Å². The van der Waals surface area contributed by atoms with Crippen LogP contribution in [0.15, 0.2) is 12.7 Å². The molecule has 0 unspecified atom stereocenters. The topological polar surface area (TPSA) is 47.9 Å². The number of nitriles is 1. The summed E-state index contributed by atoms with van der Waals surface area (Å²) in [5.74, 6) is 0. The smallest absolute Gasteiger partial charge is 0.132 e. The molecule has 0 aromatic carbocycles. The van der Waals surface area contributed by atoms with Gasteiger partial charge in [0.1, 0.15) is 5.54 Å². The lowest BCUT2D eigenvalue weighted by atomic mass is 9.95. The van der Waals surface area contributed by atoms with Crippen molar-refractivity contribution in [2.75, 3.05) is 19.6 Å². The van der Waals surface area contributed by atoms with E-state index in [-0.39, 0.29) is 5.54 Å². The largest absolute Gasteiger partial charge is 0.311 e. The molecule has 54 valence electrons. The molecule has 2 N–H and O–H groups in total. The Hall–Kier alpha value is -0.850. The molecule has 3 heteroatoms. The summed E-state index contributed by atoms with van der Waals surface area (Å²) < 4.78 is 0. The Bertz CT molecular complexity index is 164. The second-order valence-electron chi connectivity index (χ2n) is 2.47. The number of nitrogens with one attached hydrogen (secondary N) is 2. The fraction of sp³-hybridized carbons (Fsp3) is 0.571. The molecule has 0 radical (unpaired) electrons. The van der Waals surface area contributed by atoms with Crippen molar-refractivity contribution in [2.24, 2.45) is 0 Å². The van der Waals surface area contributed by atoms with Gasteiger partial charge < -0.3 is 5.32 Å². The van der Waals surface area contributed by atoms with Gasteiger partial charge in [-0.1, -0.05) is 6.08 Å². The molecule has 0 aromatic heterocycles. The summed E-state index contributed by atoms with van der Waals surface area (Å²) in [6.45, 7) is 5.76. The minimum absolute atomic E-state index is 0.311. The van der Waals surface area contributed by atoms with Crippen LogP contribution in [0.1, 0.15) is 0 Å². The van der Waals surface area contributed by atoms with E-state index in [1.54, 1.807) is 6.08 Å². The zero-order chi connectivity index (χ0) is 7.45. The van der Waals surface area contributed by atoms with Crippen molar-refractivity contribution in [2.45, 2.75) is 5.54 Å². The Morgan fingerprint density at radius 1 is 1.80 bits per heavy atom. The van der Waals surface area contributed by atoms with Crippen LogP contribution in [-0.4, -0.2) is 25.2 Å². The van der Waals surface area contributed by atoms with Gasteiger partial charge in [-0.25, -0.2) is 0 Å². The lowest BCUT2D eigenvalue weighted by Gasteiger charge is -2.36. The third-order valence-corrected chi connectivity index (χ3v) is 1.65. The van der Waals surface area contributed by atoms with E-state index in [0.29, 0.717) is 6.54 Å². The molecule has 0 spiro atoms. The third kappa shape index (κ3) is 1.18. The molecule has 1 saturated heterocycles. The van der Waals surface area contributed by atoms with Gasteiger partial charge in [0.05, 0.1) is 6.07 Å². The average molecular weight is 137 g/mol. The minimum Gasteiger partial charge on any atom is -0.311 e. The van der Waals surface area contributed by atoms with Gasteiger partial charge in [0.25, 0.3) is 0 Å². The van der Waals surface area contributed by atoms with Crippen LogP contribution in [0.3, 0.4) is 0 Å². The summed E-state index contributed by atoms with van der Waals surface area (Å²) in [6.07, 6.45) is 1.76. The molecule has 0 bridgehead atoms. The number of rotatable bonds is 3. The zero-order valence-electron chi connectivity index (χ0n) is 5.85. The van der Waals surface area contributed by atoms with Gasteiger partial charge in [-0.2, -0.15) is 5.26 Å². The maximum atomic E-state index is 8.68.